The Morgan fingerprint density at radius 1 is 0.234 bits per heavy atom. The van der Waals surface area contributed by atoms with E-state index in [-0.39, 0.29) is 5.82 Å². The number of aromatic nitrogens is 4. The molecule has 0 N–H and O–H groups in total. The van der Waals surface area contributed by atoms with E-state index in [2.05, 4.69) is 343 Å². The van der Waals surface area contributed by atoms with E-state index in [9.17, 15) is 0 Å². The zero-order valence-corrected chi connectivity index (χ0v) is 85.4. The molecule has 16 fully saturated rings. The summed E-state index contributed by atoms with van der Waals surface area (Å²) in [6, 6.07) is 102. The molecule has 0 spiro atoms. The Balaban J connectivity index is 0.0000000991. The highest BCUT2D eigenvalue weighted by atomic mass is 19.1. The molecule has 0 atom stereocenters. The van der Waals surface area contributed by atoms with Crippen molar-refractivity contribution >= 4 is 43.1 Å². The lowest BCUT2D eigenvalue weighted by Crippen LogP contribution is -2.48. The first-order valence-corrected chi connectivity index (χ1v) is 54.6. The molecule has 4 heterocycles. The first-order valence-electron chi connectivity index (χ1n) is 54.6. The van der Waals surface area contributed by atoms with Crippen molar-refractivity contribution in [2.75, 3.05) is 0 Å². The topological polar surface area (TPSA) is 15.5 Å². The van der Waals surface area contributed by atoms with Crippen LogP contribution in [0.5, 0.6) is 0 Å². The molecule has 0 saturated heterocycles. The van der Waals surface area contributed by atoms with Gasteiger partial charge < -0.3 is 0 Å². The molecular weight excluding hydrogens is 1710 g/mol. The molecular formula is C136H143FN4+4. The highest BCUT2D eigenvalue weighted by Crippen LogP contribution is 2.66. The van der Waals surface area contributed by atoms with Gasteiger partial charge in [-0.1, -0.05) is 208 Å². The van der Waals surface area contributed by atoms with E-state index in [0.29, 0.717) is 33.1 Å². The molecule has 16 aliphatic carbocycles. The zero-order valence-electron chi connectivity index (χ0n) is 85.4. The monoisotopic (exact) mass is 1850 g/mol. The minimum absolute atomic E-state index is 0.163. The van der Waals surface area contributed by atoms with Crippen LogP contribution >= 0.6 is 0 Å². The summed E-state index contributed by atoms with van der Waals surface area (Å²) in [6.45, 7) is 15.8. The van der Waals surface area contributed by atoms with Crippen LogP contribution in [0.3, 0.4) is 0 Å². The van der Waals surface area contributed by atoms with Gasteiger partial charge in [0.25, 0.3) is 0 Å². The van der Waals surface area contributed by atoms with Gasteiger partial charge in [-0.25, -0.2) is 22.7 Å². The lowest BCUT2D eigenvalue weighted by molar-refractivity contribution is -0.659. The van der Waals surface area contributed by atoms with E-state index in [1.807, 2.05) is 43.3 Å². The number of hydrogen-bond donors (Lipinski definition) is 0. The molecule has 0 aliphatic heterocycles. The van der Waals surface area contributed by atoms with Crippen LogP contribution in [0, 0.1) is 111 Å². The smallest absolute Gasteiger partial charge is 0.206 e. The van der Waals surface area contributed by atoms with Gasteiger partial charge in [0.05, 0.1) is 43.8 Å². The number of hydrogen-bond acceptors (Lipinski definition) is 0. The standard InChI is InChI=1S/C36H40N.C34H36N.C33H33FN.C33H34N/c1-23(2)33-18-30(28-8-6-5-7-9-28)19-34(24(33)3)35-32-11-10-31(17-29(32)12-13-37(35)4)36-20-25-14-26(21-36)16-27(15-25)22-36;1-22-13-29(27-7-5-4-6-8-27)18-32(23(22)2)33-31-10-9-30(17-28(31)11-12-35(33)3)34-19-24-14-25(20-34)16-26(15-24)21-34;1-21-12-31(34)30(25-6-4-3-5-7-25)17-29(21)32-28-9-8-27(16-26(28)10-11-35(32)2)33-18-22-13-23(19-33)15-24(14-22)20-33;1-22-8-9-27(26-6-4-3-5-7-26)18-31(22)32-30-11-10-29(17-28(30)12-13-34(32)2)33-19-23-14-24(20-33)16-25(15-23)21-33/h5-13,17-19,23,25-27H,14-16,20-22H2,1-4H3;4-13,17-18,24-26H,14-16,19-21H2,1-3H3;3-12,16-17,22-24H,13-15,18-20H2,1-2H3;3-13,17-18,23-25H,14-16,19-21H2,1-2H3/q4*+1. The van der Waals surface area contributed by atoms with E-state index in [1.165, 1.54) is 292 Å². The number of fused-ring (bicyclic) bond motifs is 4. The van der Waals surface area contributed by atoms with Crippen LogP contribution in [-0.2, 0) is 49.9 Å². The minimum atomic E-state index is -0.163. The number of benzene rings is 12. The second kappa shape index (κ2) is 35.7. The van der Waals surface area contributed by atoms with Gasteiger partial charge in [-0.05, 0) is 458 Å². The first-order chi connectivity index (χ1) is 68.5. The van der Waals surface area contributed by atoms with Gasteiger partial charge in [-0.2, -0.15) is 0 Å². The summed E-state index contributed by atoms with van der Waals surface area (Å²) in [5.41, 5.74) is 35.6. The molecule has 12 aromatic carbocycles. The highest BCUT2D eigenvalue weighted by molar-refractivity contribution is 5.99. The largest absolute Gasteiger partial charge is 0.220 e. The molecule has 5 heteroatoms. The van der Waals surface area contributed by atoms with E-state index in [4.69, 9.17) is 0 Å². The van der Waals surface area contributed by atoms with E-state index in [0.717, 1.165) is 93.4 Å². The van der Waals surface area contributed by atoms with Crippen molar-refractivity contribution in [2.24, 2.45) is 99.2 Å². The Labute approximate surface area is 838 Å². The average Bonchev–Trinajstić information content (AvgIpc) is 0.734. The average molecular weight is 1850 g/mol. The zero-order chi connectivity index (χ0) is 95.6. The number of nitrogens with zero attached hydrogens (tertiary/aromatic N) is 4. The minimum Gasteiger partial charge on any atom is -0.206 e. The summed E-state index contributed by atoms with van der Waals surface area (Å²) in [4.78, 5) is 0. The van der Waals surface area contributed by atoms with Gasteiger partial charge in [0.15, 0.2) is 24.8 Å². The van der Waals surface area contributed by atoms with Crippen molar-refractivity contribution in [1.82, 2.24) is 0 Å². The maximum atomic E-state index is 15.1. The predicted octanol–water partition coefficient (Wildman–Crippen LogP) is 32.7. The lowest BCUT2D eigenvalue weighted by atomic mass is 9.48. The third-order valence-corrected chi connectivity index (χ3v) is 38.9. The molecule has 4 nitrogen and oxygen atoms in total. The fourth-order valence-electron chi connectivity index (χ4n) is 33.7. The molecule has 16 aliphatic rings. The van der Waals surface area contributed by atoms with E-state index < -0.39 is 0 Å². The second-order valence-corrected chi connectivity index (χ2v) is 48.6. The van der Waals surface area contributed by atoms with Crippen LogP contribution in [0.25, 0.3) is 133 Å². The lowest BCUT2D eigenvalue weighted by Gasteiger charge is -2.57. The molecule has 0 radical (unpaired) electrons. The van der Waals surface area contributed by atoms with E-state index in [1.54, 1.807) is 28.3 Å². The van der Waals surface area contributed by atoms with Crippen LogP contribution in [0.4, 0.5) is 4.39 Å². The highest BCUT2D eigenvalue weighted by Gasteiger charge is 2.56. The van der Waals surface area contributed by atoms with Gasteiger partial charge in [-0.15, -0.1) is 0 Å². The van der Waals surface area contributed by atoms with Crippen molar-refractivity contribution in [3.8, 4) is 89.5 Å². The Hall–Kier alpha value is -11.8. The van der Waals surface area contributed by atoms with Crippen molar-refractivity contribution in [2.45, 2.75) is 230 Å². The van der Waals surface area contributed by atoms with Crippen molar-refractivity contribution in [3.63, 3.8) is 0 Å². The maximum Gasteiger partial charge on any atom is 0.220 e. The van der Waals surface area contributed by atoms with Crippen molar-refractivity contribution in [3.05, 3.63) is 359 Å². The number of pyridine rings is 4. The molecule has 0 amide bonds. The quantitative estimate of drug-likeness (QED) is 0.102. The fraction of sp³-hybridized carbons (Fsp3) is 0.382. The Morgan fingerprint density at radius 3 is 0.830 bits per heavy atom. The van der Waals surface area contributed by atoms with Crippen LogP contribution in [-0.4, -0.2) is 0 Å². The third kappa shape index (κ3) is 16.4. The summed E-state index contributed by atoms with van der Waals surface area (Å²) >= 11 is 0. The van der Waals surface area contributed by atoms with Crippen LogP contribution < -0.4 is 18.3 Å². The summed E-state index contributed by atoms with van der Waals surface area (Å²) in [7, 11) is 8.71. The fourth-order valence-corrected chi connectivity index (χ4v) is 33.7. The number of halogens is 1. The molecule has 710 valence electrons. The molecule has 141 heavy (non-hydrogen) atoms. The normalized spacial score (nSPS) is 26.9. The predicted molar refractivity (Wildman–Crippen MR) is 581 cm³/mol. The summed E-state index contributed by atoms with van der Waals surface area (Å²) < 4.78 is 24.2. The molecule has 4 aromatic heterocycles. The van der Waals surface area contributed by atoms with Crippen LogP contribution in [0.15, 0.2) is 298 Å². The van der Waals surface area contributed by atoms with Crippen LogP contribution in [0.2, 0.25) is 0 Å². The number of rotatable bonds is 13. The van der Waals surface area contributed by atoms with Gasteiger partial charge in [0, 0.05) is 29.8 Å². The van der Waals surface area contributed by atoms with Crippen molar-refractivity contribution < 1.29 is 22.7 Å². The summed E-state index contributed by atoms with van der Waals surface area (Å²) in [5, 5.41) is 10.9. The van der Waals surface area contributed by atoms with Gasteiger partial charge in [0.2, 0.25) is 22.8 Å². The molecule has 32 rings (SSSR count). The van der Waals surface area contributed by atoms with E-state index >= 15 is 4.39 Å². The first kappa shape index (κ1) is 90.5. The van der Waals surface area contributed by atoms with Gasteiger partial charge in [0.1, 0.15) is 34.0 Å². The molecule has 16 saturated carbocycles. The molecule has 16 aromatic rings. The number of aryl methyl sites for hydroxylation is 7. The Morgan fingerprint density at radius 2 is 0.511 bits per heavy atom. The van der Waals surface area contributed by atoms with Gasteiger partial charge in [-0.3, -0.25) is 0 Å². The Kier molecular flexibility index (Phi) is 22.9. The Bertz CT molecular complexity index is 7440. The summed E-state index contributed by atoms with van der Waals surface area (Å²) in [6.07, 6.45) is 43.9. The third-order valence-electron chi connectivity index (χ3n) is 38.9. The maximum absolute atomic E-state index is 15.1. The SMILES string of the molecule is Cc1c(-c2c3ccc(C45CC6CC(CC(C6)C4)C5)cc3cc[n+]2C)cc(-c2ccccc2)cc1C(C)C.Cc1cc(-c2ccccc2)cc(-c2c3ccc(C45CC6CC(CC(C6)C4)C5)cc3cc[n+]2C)c1C.Cc1cc(F)c(-c2ccccc2)cc1-c1c2ccc(C34CC5CC(CC(C5)C3)C4)cc2cc[n+]1C.Cc1ccc(-c2ccccc2)cc1-c1c2ccc(C34CC5CC(CC(C5)C3)C4)cc2cc[n+]1C. The summed E-state index contributed by atoms with van der Waals surface area (Å²) in [5.74, 6) is 12.0. The van der Waals surface area contributed by atoms with Crippen LogP contribution in [0.1, 0.15) is 229 Å². The second-order valence-electron chi connectivity index (χ2n) is 48.6. The molecule has 16 bridgehead atoms. The molecule has 0 unspecified atom stereocenters. The van der Waals surface area contributed by atoms with Gasteiger partial charge >= 0.3 is 0 Å². The van der Waals surface area contributed by atoms with Crippen molar-refractivity contribution in [1.29, 1.82) is 0 Å².